The van der Waals surface area contributed by atoms with Crippen LogP contribution >= 0.6 is 11.6 Å². The molecule has 0 radical (unpaired) electrons. The quantitative estimate of drug-likeness (QED) is 0.921. The third-order valence-electron chi connectivity index (χ3n) is 3.44. The highest BCUT2D eigenvalue weighted by atomic mass is 35.5. The number of carbonyl (C=O) groups excluding carboxylic acids is 1. The van der Waals surface area contributed by atoms with Crippen molar-refractivity contribution in [2.45, 2.75) is 25.9 Å². The number of hydrogen-bond donors (Lipinski definition) is 1. The zero-order chi connectivity index (χ0) is 14.7. The molecule has 0 atom stereocenters. The summed E-state index contributed by atoms with van der Waals surface area (Å²) < 4.78 is 2.13. The predicted molar refractivity (Wildman–Crippen MR) is 82.8 cm³/mol. The molecule has 0 aliphatic carbocycles. The largest absolute Gasteiger partial charge is 0.349 e. The normalized spacial score (nSPS) is 11.0. The van der Waals surface area contributed by atoms with Crippen LogP contribution in [-0.4, -0.2) is 29.5 Å². The molecule has 0 unspecified atom stereocenters. The summed E-state index contributed by atoms with van der Waals surface area (Å²) in [7, 11) is 3.55. The summed E-state index contributed by atoms with van der Waals surface area (Å²) in [6.07, 6.45) is 3.41. The van der Waals surface area contributed by atoms with Crippen LogP contribution in [0.15, 0.2) is 24.4 Å². The summed E-state index contributed by atoms with van der Waals surface area (Å²) >= 11 is 6.06. The van der Waals surface area contributed by atoms with Crippen molar-refractivity contribution in [2.75, 3.05) is 14.1 Å². The average Bonchev–Trinajstić information content (AvgIpc) is 2.76. The third-order valence-corrected chi connectivity index (χ3v) is 3.67. The number of carbonyl (C=O) groups is 1. The Morgan fingerprint density at radius 3 is 2.80 bits per heavy atom. The standard InChI is InChI=1S/C15H20ClN3O/c1-18(2)15(20)4-3-7-19-10-11(9-17)13-6-5-12(16)8-14(13)19/h5-6,8,10H,3-4,7,9,17H2,1-2H3. The first-order chi connectivity index (χ1) is 9.52. The number of aromatic nitrogens is 1. The van der Waals surface area contributed by atoms with E-state index >= 15 is 0 Å². The molecule has 2 aromatic rings. The molecule has 1 aromatic carbocycles. The number of benzene rings is 1. The third kappa shape index (κ3) is 3.14. The molecule has 0 spiro atoms. The van der Waals surface area contributed by atoms with E-state index in [2.05, 4.69) is 10.8 Å². The highest BCUT2D eigenvalue weighted by Gasteiger charge is 2.09. The van der Waals surface area contributed by atoms with E-state index in [4.69, 9.17) is 17.3 Å². The summed E-state index contributed by atoms with van der Waals surface area (Å²) in [5, 5.41) is 1.85. The summed E-state index contributed by atoms with van der Waals surface area (Å²) in [4.78, 5) is 13.2. The van der Waals surface area contributed by atoms with Gasteiger partial charge in [-0.15, -0.1) is 0 Å². The van der Waals surface area contributed by atoms with Gasteiger partial charge >= 0.3 is 0 Å². The van der Waals surface area contributed by atoms with Crippen molar-refractivity contribution in [3.63, 3.8) is 0 Å². The van der Waals surface area contributed by atoms with Gasteiger partial charge in [-0.25, -0.2) is 0 Å². The van der Waals surface area contributed by atoms with Gasteiger partial charge in [0.2, 0.25) is 5.91 Å². The minimum absolute atomic E-state index is 0.151. The van der Waals surface area contributed by atoms with Gasteiger partial charge in [0.15, 0.2) is 0 Å². The number of fused-ring (bicyclic) bond motifs is 1. The van der Waals surface area contributed by atoms with E-state index in [1.807, 2.05) is 18.2 Å². The molecule has 0 fully saturated rings. The molecule has 0 saturated carbocycles. The Hall–Kier alpha value is -1.52. The fourth-order valence-electron chi connectivity index (χ4n) is 2.31. The Morgan fingerprint density at radius 2 is 2.15 bits per heavy atom. The summed E-state index contributed by atoms with van der Waals surface area (Å²) in [6, 6.07) is 5.83. The Morgan fingerprint density at radius 1 is 1.40 bits per heavy atom. The van der Waals surface area contributed by atoms with Gasteiger partial charge in [-0.3, -0.25) is 4.79 Å². The number of nitrogens with two attached hydrogens (primary N) is 1. The van der Waals surface area contributed by atoms with E-state index < -0.39 is 0 Å². The lowest BCUT2D eigenvalue weighted by molar-refractivity contribution is -0.128. The Labute approximate surface area is 124 Å². The highest BCUT2D eigenvalue weighted by molar-refractivity contribution is 6.31. The zero-order valence-corrected chi connectivity index (χ0v) is 12.7. The number of nitrogens with zero attached hydrogens (tertiary/aromatic N) is 2. The van der Waals surface area contributed by atoms with Crippen LogP contribution in [0.3, 0.4) is 0 Å². The second-order valence-corrected chi connectivity index (χ2v) is 5.54. The average molecular weight is 294 g/mol. The summed E-state index contributed by atoms with van der Waals surface area (Å²) in [5.74, 6) is 0.151. The molecule has 4 nitrogen and oxygen atoms in total. The molecular weight excluding hydrogens is 274 g/mol. The first-order valence-corrected chi connectivity index (χ1v) is 7.08. The van der Waals surface area contributed by atoms with Crippen LogP contribution in [0.5, 0.6) is 0 Å². The first kappa shape index (κ1) is 14.9. The van der Waals surface area contributed by atoms with Crippen molar-refractivity contribution in [3.8, 4) is 0 Å². The molecule has 2 rings (SSSR count). The second kappa shape index (κ2) is 6.29. The topological polar surface area (TPSA) is 51.3 Å². The fraction of sp³-hybridized carbons (Fsp3) is 0.400. The highest BCUT2D eigenvalue weighted by Crippen LogP contribution is 2.25. The Bertz CT molecular complexity index is 619. The van der Waals surface area contributed by atoms with Crippen molar-refractivity contribution in [1.29, 1.82) is 0 Å². The lowest BCUT2D eigenvalue weighted by atomic mass is 10.2. The SMILES string of the molecule is CN(C)C(=O)CCCn1cc(CN)c2ccc(Cl)cc21. The molecule has 1 aromatic heterocycles. The number of hydrogen-bond acceptors (Lipinski definition) is 2. The van der Waals surface area contributed by atoms with Gasteiger partial charge in [-0.1, -0.05) is 17.7 Å². The minimum Gasteiger partial charge on any atom is -0.349 e. The van der Waals surface area contributed by atoms with Gasteiger partial charge in [0, 0.05) is 55.7 Å². The van der Waals surface area contributed by atoms with E-state index in [0.29, 0.717) is 18.0 Å². The molecule has 108 valence electrons. The van der Waals surface area contributed by atoms with Gasteiger partial charge in [0.1, 0.15) is 0 Å². The number of rotatable bonds is 5. The minimum atomic E-state index is 0.151. The number of halogens is 1. The van der Waals surface area contributed by atoms with Crippen molar-refractivity contribution >= 4 is 28.4 Å². The fourth-order valence-corrected chi connectivity index (χ4v) is 2.48. The van der Waals surface area contributed by atoms with Crippen LogP contribution in [0.2, 0.25) is 5.02 Å². The monoisotopic (exact) mass is 293 g/mol. The van der Waals surface area contributed by atoms with E-state index in [1.54, 1.807) is 19.0 Å². The molecule has 20 heavy (non-hydrogen) atoms. The van der Waals surface area contributed by atoms with E-state index in [1.165, 1.54) is 0 Å². The molecule has 0 saturated heterocycles. The van der Waals surface area contributed by atoms with Crippen LogP contribution in [0, 0.1) is 0 Å². The molecule has 1 heterocycles. The van der Waals surface area contributed by atoms with Crippen molar-refractivity contribution < 1.29 is 4.79 Å². The predicted octanol–water partition coefficient (Wildman–Crippen LogP) is 2.62. The molecule has 5 heteroatoms. The van der Waals surface area contributed by atoms with Crippen molar-refractivity contribution in [2.24, 2.45) is 5.73 Å². The Kier molecular flexibility index (Phi) is 4.68. The van der Waals surface area contributed by atoms with Gasteiger partial charge in [-0.05, 0) is 24.1 Å². The molecule has 1 amide bonds. The van der Waals surface area contributed by atoms with Gasteiger partial charge in [0.25, 0.3) is 0 Å². The van der Waals surface area contributed by atoms with E-state index in [9.17, 15) is 4.79 Å². The maximum Gasteiger partial charge on any atom is 0.222 e. The molecule has 0 aliphatic heterocycles. The molecule has 2 N–H and O–H groups in total. The number of aryl methyl sites for hydroxylation is 1. The van der Waals surface area contributed by atoms with Crippen molar-refractivity contribution in [3.05, 3.63) is 35.0 Å². The molecular formula is C15H20ClN3O. The van der Waals surface area contributed by atoms with E-state index in [0.717, 1.165) is 29.4 Å². The van der Waals surface area contributed by atoms with Gasteiger partial charge in [0.05, 0.1) is 0 Å². The lowest BCUT2D eigenvalue weighted by Crippen LogP contribution is -2.21. The maximum atomic E-state index is 11.6. The van der Waals surface area contributed by atoms with Crippen LogP contribution in [0.4, 0.5) is 0 Å². The Balaban J connectivity index is 2.17. The van der Waals surface area contributed by atoms with Crippen LogP contribution in [0.1, 0.15) is 18.4 Å². The van der Waals surface area contributed by atoms with Gasteiger partial charge in [-0.2, -0.15) is 0 Å². The van der Waals surface area contributed by atoms with Gasteiger partial charge < -0.3 is 15.2 Å². The summed E-state index contributed by atoms with van der Waals surface area (Å²) in [6.45, 7) is 1.29. The number of amides is 1. The first-order valence-electron chi connectivity index (χ1n) is 6.70. The second-order valence-electron chi connectivity index (χ2n) is 5.11. The summed E-state index contributed by atoms with van der Waals surface area (Å²) in [5.41, 5.74) is 7.96. The zero-order valence-electron chi connectivity index (χ0n) is 11.9. The smallest absolute Gasteiger partial charge is 0.222 e. The maximum absolute atomic E-state index is 11.6. The molecule has 0 bridgehead atoms. The lowest BCUT2D eigenvalue weighted by Gasteiger charge is -2.10. The van der Waals surface area contributed by atoms with Crippen molar-refractivity contribution in [1.82, 2.24) is 9.47 Å². The van der Waals surface area contributed by atoms with Crippen LogP contribution in [-0.2, 0) is 17.9 Å². The molecule has 0 aliphatic rings. The van der Waals surface area contributed by atoms with E-state index in [-0.39, 0.29) is 5.91 Å². The van der Waals surface area contributed by atoms with Crippen LogP contribution < -0.4 is 5.73 Å². The van der Waals surface area contributed by atoms with Crippen LogP contribution in [0.25, 0.3) is 10.9 Å².